The van der Waals surface area contributed by atoms with Crippen molar-refractivity contribution in [1.29, 1.82) is 0 Å². The number of aromatic nitrogens is 5. The average molecular weight is 419 g/mol. The minimum Gasteiger partial charge on any atom is -0.324 e. The highest BCUT2D eigenvalue weighted by Crippen LogP contribution is 2.21. The van der Waals surface area contributed by atoms with Crippen LogP contribution in [0.1, 0.15) is 42.9 Å². The van der Waals surface area contributed by atoms with Gasteiger partial charge in [-0.05, 0) is 24.1 Å². The molecule has 0 spiro atoms. The van der Waals surface area contributed by atoms with Crippen molar-refractivity contribution >= 4 is 11.2 Å². The summed E-state index contributed by atoms with van der Waals surface area (Å²) in [6, 6.07) is 15.8. The third kappa shape index (κ3) is 4.20. The Labute approximate surface area is 179 Å². The van der Waals surface area contributed by atoms with E-state index < -0.39 is 11.2 Å². The highest BCUT2D eigenvalue weighted by molar-refractivity contribution is 5.70. The maximum Gasteiger partial charge on any atom is 0.330 e. The molecular weight excluding hydrogens is 392 g/mol. The summed E-state index contributed by atoms with van der Waals surface area (Å²) in [5, 5.41) is 3.52. The van der Waals surface area contributed by atoms with E-state index in [1.54, 1.807) is 22.4 Å². The second-order valence-corrected chi connectivity index (χ2v) is 7.50. The Bertz CT molecular complexity index is 1240. The van der Waals surface area contributed by atoms with Crippen LogP contribution in [0.3, 0.4) is 0 Å². The van der Waals surface area contributed by atoms with Crippen LogP contribution in [0.2, 0.25) is 0 Å². The number of imidazole rings is 1. The zero-order valence-electron chi connectivity index (χ0n) is 17.7. The van der Waals surface area contributed by atoms with Gasteiger partial charge in [-0.3, -0.25) is 24.6 Å². The number of nitrogens with zero attached hydrogens (tertiary/aromatic N) is 4. The molecular formula is C23H26N6O2. The standard InChI is InChI=1S/C23H26N6O2/c1-3-4-14-29-21-20(22(30)27-23(29)31)28(2)18(26-21)15-25-19(16-10-6-5-7-11-16)17-12-8-9-13-24-17/h5-13,19,25H,3-4,14-15H2,1-2H3,(H,27,30,31). The zero-order chi connectivity index (χ0) is 21.8. The second kappa shape index (κ2) is 9.09. The smallest absolute Gasteiger partial charge is 0.324 e. The fourth-order valence-corrected chi connectivity index (χ4v) is 3.75. The number of hydrogen-bond donors (Lipinski definition) is 2. The summed E-state index contributed by atoms with van der Waals surface area (Å²) in [5.74, 6) is 0.674. The summed E-state index contributed by atoms with van der Waals surface area (Å²) >= 11 is 0. The van der Waals surface area contributed by atoms with Crippen LogP contribution in [-0.2, 0) is 20.1 Å². The van der Waals surface area contributed by atoms with Crippen LogP contribution in [0, 0.1) is 0 Å². The van der Waals surface area contributed by atoms with Gasteiger partial charge in [0, 0.05) is 19.8 Å². The van der Waals surface area contributed by atoms with E-state index in [4.69, 9.17) is 0 Å². The van der Waals surface area contributed by atoms with Crippen LogP contribution in [0.15, 0.2) is 64.3 Å². The molecule has 4 aromatic rings. The maximum absolute atomic E-state index is 12.5. The summed E-state index contributed by atoms with van der Waals surface area (Å²) in [6.45, 7) is 2.98. The number of pyridine rings is 1. The predicted octanol–water partition coefficient (Wildman–Crippen LogP) is 2.50. The Morgan fingerprint density at radius 3 is 2.58 bits per heavy atom. The lowest BCUT2D eigenvalue weighted by molar-refractivity contribution is 0.565. The Hall–Kier alpha value is -3.52. The molecule has 1 unspecified atom stereocenters. The van der Waals surface area contributed by atoms with Gasteiger partial charge in [-0.15, -0.1) is 0 Å². The molecule has 3 heterocycles. The number of benzene rings is 1. The Morgan fingerprint density at radius 1 is 1.10 bits per heavy atom. The molecule has 2 N–H and O–H groups in total. The van der Waals surface area contributed by atoms with Crippen LogP contribution >= 0.6 is 0 Å². The number of nitrogens with one attached hydrogen (secondary N) is 2. The first-order valence-corrected chi connectivity index (χ1v) is 10.5. The van der Waals surface area contributed by atoms with E-state index in [1.807, 2.05) is 48.5 Å². The van der Waals surface area contributed by atoms with E-state index in [2.05, 4.69) is 27.2 Å². The molecule has 0 aliphatic rings. The highest BCUT2D eigenvalue weighted by Gasteiger charge is 2.19. The minimum absolute atomic E-state index is 0.136. The molecule has 1 aromatic carbocycles. The maximum atomic E-state index is 12.5. The minimum atomic E-state index is -0.418. The van der Waals surface area contributed by atoms with Crippen molar-refractivity contribution < 1.29 is 0 Å². The van der Waals surface area contributed by atoms with Crippen molar-refractivity contribution in [3.8, 4) is 0 Å². The summed E-state index contributed by atoms with van der Waals surface area (Å²) in [4.78, 5) is 36.4. The van der Waals surface area contributed by atoms with Crippen LogP contribution in [0.25, 0.3) is 11.2 Å². The van der Waals surface area contributed by atoms with E-state index in [1.165, 1.54) is 0 Å². The van der Waals surface area contributed by atoms with Crippen LogP contribution < -0.4 is 16.6 Å². The zero-order valence-corrected chi connectivity index (χ0v) is 17.7. The lowest BCUT2D eigenvalue weighted by Gasteiger charge is -2.18. The third-order valence-electron chi connectivity index (χ3n) is 5.42. The molecule has 8 heteroatoms. The van der Waals surface area contributed by atoms with E-state index in [-0.39, 0.29) is 6.04 Å². The summed E-state index contributed by atoms with van der Waals surface area (Å²) in [6.07, 6.45) is 3.55. The van der Waals surface area contributed by atoms with Gasteiger partial charge >= 0.3 is 5.69 Å². The van der Waals surface area contributed by atoms with Gasteiger partial charge in [0.2, 0.25) is 0 Å². The number of fused-ring (bicyclic) bond motifs is 1. The van der Waals surface area contributed by atoms with Gasteiger partial charge in [0.05, 0.1) is 18.3 Å². The quantitative estimate of drug-likeness (QED) is 0.458. The lowest BCUT2D eigenvalue weighted by atomic mass is 10.0. The fourth-order valence-electron chi connectivity index (χ4n) is 3.75. The van der Waals surface area contributed by atoms with E-state index in [0.29, 0.717) is 30.1 Å². The number of aryl methyl sites for hydroxylation is 2. The lowest BCUT2D eigenvalue weighted by Crippen LogP contribution is -2.31. The van der Waals surface area contributed by atoms with E-state index in [0.717, 1.165) is 24.1 Å². The van der Waals surface area contributed by atoms with Gasteiger partial charge in [0.25, 0.3) is 5.56 Å². The van der Waals surface area contributed by atoms with Crippen LogP contribution in [0.4, 0.5) is 0 Å². The molecule has 0 aliphatic heterocycles. The monoisotopic (exact) mass is 418 g/mol. The summed E-state index contributed by atoms with van der Waals surface area (Å²) in [7, 11) is 1.80. The van der Waals surface area contributed by atoms with Gasteiger partial charge in [-0.2, -0.15) is 0 Å². The first-order valence-electron chi connectivity index (χ1n) is 10.5. The Balaban J connectivity index is 1.70. The van der Waals surface area contributed by atoms with Gasteiger partial charge < -0.3 is 4.57 Å². The number of hydrogen-bond acceptors (Lipinski definition) is 5. The van der Waals surface area contributed by atoms with Crippen molar-refractivity contribution in [2.75, 3.05) is 0 Å². The van der Waals surface area contributed by atoms with Crippen molar-refractivity contribution in [2.24, 2.45) is 7.05 Å². The van der Waals surface area contributed by atoms with Crippen molar-refractivity contribution in [2.45, 2.75) is 38.9 Å². The van der Waals surface area contributed by atoms with E-state index in [9.17, 15) is 9.59 Å². The first kappa shape index (κ1) is 20.7. The molecule has 0 saturated heterocycles. The van der Waals surface area contributed by atoms with Crippen molar-refractivity contribution in [3.05, 3.63) is 92.6 Å². The molecule has 0 fully saturated rings. The average Bonchev–Trinajstić information content (AvgIpc) is 3.12. The molecule has 0 bridgehead atoms. The largest absolute Gasteiger partial charge is 0.330 e. The fraction of sp³-hybridized carbons (Fsp3) is 0.304. The van der Waals surface area contributed by atoms with Gasteiger partial charge in [0.15, 0.2) is 11.2 Å². The van der Waals surface area contributed by atoms with Gasteiger partial charge in [0.1, 0.15) is 5.82 Å². The van der Waals surface area contributed by atoms with Crippen LogP contribution in [0.5, 0.6) is 0 Å². The van der Waals surface area contributed by atoms with E-state index >= 15 is 0 Å². The van der Waals surface area contributed by atoms with Crippen molar-refractivity contribution in [3.63, 3.8) is 0 Å². The molecule has 8 nitrogen and oxygen atoms in total. The molecule has 31 heavy (non-hydrogen) atoms. The van der Waals surface area contributed by atoms with Crippen molar-refractivity contribution in [1.82, 2.24) is 29.4 Å². The highest BCUT2D eigenvalue weighted by atomic mass is 16.2. The third-order valence-corrected chi connectivity index (χ3v) is 5.42. The summed E-state index contributed by atoms with van der Waals surface area (Å²) in [5.41, 5.74) is 1.97. The first-order chi connectivity index (χ1) is 15.1. The molecule has 160 valence electrons. The number of unbranched alkanes of at least 4 members (excludes halogenated alkanes) is 1. The molecule has 3 aromatic heterocycles. The Kier molecular flexibility index (Phi) is 6.08. The topological polar surface area (TPSA) is 97.6 Å². The van der Waals surface area contributed by atoms with Crippen LogP contribution in [-0.4, -0.2) is 24.1 Å². The molecule has 1 atom stereocenters. The number of aromatic amines is 1. The number of H-pyrrole nitrogens is 1. The Morgan fingerprint density at radius 2 is 1.87 bits per heavy atom. The normalized spacial score (nSPS) is 12.3. The van der Waals surface area contributed by atoms with Gasteiger partial charge in [-0.1, -0.05) is 49.7 Å². The molecule has 0 amide bonds. The second-order valence-electron chi connectivity index (χ2n) is 7.50. The molecule has 0 radical (unpaired) electrons. The molecule has 0 saturated carbocycles. The van der Waals surface area contributed by atoms with Gasteiger partial charge in [-0.25, -0.2) is 9.78 Å². The predicted molar refractivity (Wildman–Crippen MR) is 120 cm³/mol. The SMILES string of the molecule is CCCCn1c(=O)[nH]c(=O)c2c1nc(CNC(c1ccccc1)c1ccccn1)n2C. The summed E-state index contributed by atoms with van der Waals surface area (Å²) < 4.78 is 3.31. The molecule has 0 aliphatic carbocycles. The molecule has 4 rings (SSSR count). The number of rotatable bonds is 8.